The van der Waals surface area contributed by atoms with E-state index in [1.165, 1.54) is 5.56 Å². The number of nitrogens with one attached hydrogen (secondary N) is 1. The number of thiophene rings is 1. The van der Waals surface area contributed by atoms with Crippen LogP contribution in [0.3, 0.4) is 0 Å². The Labute approximate surface area is 165 Å². The first-order chi connectivity index (χ1) is 12.9. The number of carbonyl (C=O) groups is 1. The summed E-state index contributed by atoms with van der Waals surface area (Å²) in [6.45, 7) is 8.04. The van der Waals surface area contributed by atoms with Crippen LogP contribution in [0.5, 0.6) is 5.75 Å². The van der Waals surface area contributed by atoms with Gasteiger partial charge in [-0.3, -0.25) is 4.79 Å². The van der Waals surface area contributed by atoms with Crippen LogP contribution in [0.2, 0.25) is 0 Å². The van der Waals surface area contributed by atoms with E-state index in [0.29, 0.717) is 0 Å². The van der Waals surface area contributed by atoms with Gasteiger partial charge in [-0.2, -0.15) is 0 Å². The van der Waals surface area contributed by atoms with Crippen molar-refractivity contribution in [2.75, 3.05) is 11.9 Å². The molecule has 4 aromatic rings. The van der Waals surface area contributed by atoms with E-state index in [4.69, 9.17) is 4.74 Å². The molecule has 0 fully saturated rings. The lowest BCUT2D eigenvalue weighted by atomic mass is 10.1. The van der Waals surface area contributed by atoms with Crippen molar-refractivity contribution in [2.24, 2.45) is 0 Å². The highest BCUT2D eigenvalue weighted by molar-refractivity contribution is 7.21. The molecule has 138 valence electrons. The summed E-state index contributed by atoms with van der Waals surface area (Å²) in [5.41, 5.74) is 5.19. The first kappa shape index (κ1) is 17.9. The van der Waals surface area contributed by atoms with E-state index in [1.807, 2.05) is 38.3 Å². The molecule has 2 aromatic carbocycles. The second kappa shape index (κ2) is 6.94. The number of amides is 1. The van der Waals surface area contributed by atoms with Gasteiger partial charge in [-0.15, -0.1) is 22.7 Å². The number of hydrogen-bond donors (Lipinski definition) is 1. The standard InChI is InChI=1S/C21H20N2O2S2/c1-11-7-12(2)19(13(3)8-11)23-18(24)10-25-16-9-17-20(22-14(4)27-17)21-15(16)5-6-26-21/h5-9H,10H2,1-4H3,(H,23,24). The number of benzene rings is 2. The Morgan fingerprint density at radius 1 is 1.15 bits per heavy atom. The number of carbonyl (C=O) groups excluding carboxylic acids is 1. The van der Waals surface area contributed by atoms with Crippen molar-refractivity contribution in [1.29, 1.82) is 0 Å². The summed E-state index contributed by atoms with van der Waals surface area (Å²) in [4.78, 5) is 17.1. The number of anilines is 1. The average Bonchev–Trinajstić information content (AvgIpc) is 3.21. The molecule has 6 heteroatoms. The zero-order chi connectivity index (χ0) is 19.1. The Balaban J connectivity index is 1.56. The SMILES string of the molecule is Cc1cc(C)c(NC(=O)COc2cc3sc(C)nc3c3sccc23)c(C)c1. The Hall–Kier alpha value is -2.44. The fourth-order valence-electron chi connectivity index (χ4n) is 3.40. The van der Waals surface area contributed by atoms with E-state index in [2.05, 4.69) is 29.4 Å². The highest BCUT2D eigenvalue weighted by Gasteiger charge is 2.14. The van der Waals surface area contributed by atoms with Crippen molar-refractivity contribution in [2.45, 2.75) is 27.7 Å². The summed E-state index contributed by atoms with van der Waals surface area (Å²) in [7, 11) is 0. The number of aryl methyl sites for hydroxylation is 4. The van der Waals surface area contributed by atoms with Crippen LogP contribution >= 0.6 is 22.7 Å². The van der Waals surface area contributed by atoms with Gasteiger partial charge in [0.1, 0.15) is 5.75 Å². The predicted octanol–water partition coefficient (Wildman–Crippen LogP) is 5.76. The summed E-state index contributed by atoms with van der Waals surface area (Å²) < 4.78 is 8.10. The summed E-state index contributed by atoms with van der Waals surface area (Å²) >= 11 is 3.29. The van der Waals surface area contributed by atoms with Gasteiger partial charge in [0, 0.05) is 17.1 Å². The van der Waals surface area contributed by atoms with Crippen molar-refractivity contribution in [3.8, 4) is 5.75 Å². The average molecular weight is 397 g/mol. The number of ether oxygens (including phenoxy) is 1. The fourth-order valence-corrected chi connectivity index (χ4v) is 5.24. The molecule has 2 aromatic heterocycles. The van der Waals surface area contributed by atoms with E-state index in [1.54, 1.807) is 22.7 Å². The van der Waals surface area contributed by atoms with Gasteiger partial charge in [0.2, 0.25) is 0 Å². The van der Waals surface area contributed by atoms with Gasteiger partial charge in [0.25, 0.3) is 5.91 Å². The largest absolute Gasteiger partial charge is 0.483 e. The molecule has 4 nitrogen and oxygen atoms in total. The molecule has 0 aliphatic rings. The molecule has 0 radical (unpaired) electrons. The molecule has 0 spiro atoms. The van der Waals surface area contributed by atoms with Crippen LogP contribution in [0.25, 0.3) is 20.3 Å². The van der Waals surface area contributed by atoms with Crippen LogP contribution in [0.1, 0.15) is 21.7 Å². The molecule has 0 aliphatic carbocycles. The summed E-state index contributed by atoms with van der Waals surface area (Å²) in [5.74, 6) is 0.573. The third kappa shape index (κ3) is 3.42. The highest BCUT2D eigenvalue weighted by Crippen LogP contribution is 2.38. The van der Waals surface area contributed by atoms with Crippen LogP contribution in [0.15, 0.2) is 29.6 Å². The molecule has 2 heterocycles. The van der Waals surface area contributed by atoms with E-state index in [0.717, 1.165) is 47.9 Å². The van der Waals surface area contributed by atoms with Crippen LogP contribution in [0.4, 0.5) is 5.69 Å². The summed E-state index contributed by atoms with van der Waals surface area (Å²) in [6, 6.07) is 8.15. The van der Waals surface area contributed by atoms with Crippen molar-refractivity contribution in [1.82, 2.24) is 4.98 Å². The topological polar surface area (TPSA) is 51.2 Å². The normalized spacial score (nSPS) is 11.3. The zero-order valence-electron chi connectivity index (χ0n) is 15.7. The molecule has 0 saturated heterocycles. The molecule has 0 aliphatic heterocycles. The van der Waals surface area contributed by atoms with Crippen molar-refractivity contribution >= 4 is 54.6 Å². The lowest BCUT2D eigenvalue weighted by Gasteiger charge is -2.13. The minimum absolute atomic E-state index is 0.0268. The maximum absolute atomic E-state index is 12.5. The first-order valence-electron chi connectivity index (χ1n) is 8.70. The first-order valence-corrected chi connectivity index (χ1v) is 10.4. The van der Waals surface area contributed by atoms with Crippen LogP contribution in [0, 0.1) is 27.7 Å². The van der Waals surface area contributed by atoms with Crippen LogP contribution in [-0.2, 0) is 4.79 Å². The van der Waals surface area contributed by atoms with Crippen molar-refractivity contribution in [3.63, 3.8) is 0 Å². The second-order valence-corrected chi connectivity index (χ2v) is 8.88. The minimum Gasteiger partial charge on any atom is -0.483 e. The lowest BCUT2D eigenvalue weighted by Crippen LogP contribution is -2.21. The van der Waals surface area contributed by atoms with Crippen molar-refractivity contribution < 1.29 is 9.53 Å². The lowest BCUT2D eigenvalue weighted by molar-refractivity contribution is -0.118. The quantitative estimate of drug-likeness (QED) is 0.477. The third-order valence-corrected chi connectivity index (χ3v) is 6.31. The van der Waals surface area contributed by atoms with Gasteiger partial charge < -0.3 is 10.1 Å². The van der Waals surface area contributed by atoms with Gasteiger partial charge in [0.15, 0.2) is 6.61 Å². The molecule has 0 saturated carbocycles. The number of fused-ring (bicyclic) bond motifs is 3. The van der Waals surface area contributed by atoms with Gasteiger partial charge in [0.05, 0.1) is 19.9 Å². The molecule has 0 unspecified atom stereocenters. The number of nitrogens with zero attached hydrogens (tertiary/aromatic N) is 1. The summed E-state index contributed by atoms with van der Waals surface area (Å²) in [5, 5.41) is 7.06. The van der Waals surface area contributed by atoms with Gasteiger partial charge in [-0.25, -0.2) is 4.98 Å². The number of aromatic nitrogens is 1. The van der Waals surface area contributed by atoms with E-state index >= 15 is 0 Å². The van der Waals surface area contributed by atoms with Crippen molar-refractivity contribution in [3.05, 3.63) is 51.3 Å². The molecule has 4 rings (SSSR count). The Bertz CT molecular complexity index is 1150. The molecular weight excluding hydrogens is 376 g/mol. The predicted molar refractivity (Wildman–Crippen MR) is 115 cm³/mol. The fraction of sp³-hybridized carbons (Fsp3) is 0.238. The molecule has 1 amide bonds. The number of thiazole rings is 1. The van der Waals surface area contributed by atoms with Gasteiger partial charge in [-0.05, 0) is 50.3 Å². The van der Waals surface area contributed by atoms with Gasteiger partial charge >= 0.3 is 0 Å². The maximum atomic E-state index is 12.5. The Morgan fingerprint density at radius 3 is 2.63 bits per heavy atom. The minimum atomic E-state index is -0.158. The third-order valence-electron chi connectivity index (χ3n) is 4.47. The van der Waals surface area contributed by atoms with E-state index < -0.39 is 0 Å². The maximum Gasteiger partial charge on any atom is 0.262 e. The summed E-state index contributed by atoms with van der Waals surface area (Å²) in [6.07, 6.45) is 0. The van der Waals surface area contributed by atoms with E-state index in [-0.39, 0.29) is 12.5 Å². The molecular formula is C21H20N2O2S2. The van der Waals surface area contributed by atoms with Gasteiger partial charge in [-0.1, -0.05) is 17.7 Å². The van der Waals surface area contributed by atoms with E-state index in [9.17, 15) is 4.79 Å². The second-order valence-electron chi connectivity index (χ2n) is 6.73. The van der Waals surface area contributed by atoms with Crippen LogP contribution in [-0.4, -0.2) is 17.5 Å². The highest BCUT2D eigenvalue weighted by atomic mass is 32.1. The monoisotopic (exact) mass is 396 g/mol. The zero-order valence-corrected chi connectivity index (χ0v) is 17.3. The molecule has 27 heavy (non-hydrogen) atoms. The number of hydrogen-bond acceptors (Lipinski definition) is 5. The Morgan fingerprint density at radius 2 is 1.89 bits per heavy atom. The molecule has 1 N–H and O–H groups in total. The molecule has 0 atom stereocenters. The van der Waals surface area contributed by atoms with Crippen LogP contribution < -0.4 is 10.1 Å². The Kier molecular flexibility index (Phi) is 4.61. The number of rotatable bonds is 4. The smallest absolute Gasteiger partial charge is 0.262 e. The molecule has 0 bridgehead atoms.